The van der Waals surface area contributed by atoms with E-state index in [4.69, 9.17) is 17.3 Å². The van der Waals surface area contributed by atoms with Crippen molar-refractivity contribution in [2.24, 2.45) is 11.1 Å². The predicted octanol–water partition coefficient (Wildman–Crippen LogP) is 3.73. The van der Waals surface area contributed by atoms with Gasteiger partial charge in [0.2, 0.25) is 0 Å². The molecule has 0 spiro atoms. The van der Waals surface area contributed by atoms with E-state index >= 15 is 0 Å². The van der Waals surface area contributed by atoms with Gasteiger partial charge in [-0.3, -0.25) is 4.79 Å². The summed E-state index contributed by atoms with van der Waals surface area (Å²) in [4.78, 5) is 12.1. The number of carbonyl (C=O) groups excluding carboxylic acids is 1. The molecule has 18 heavy (non-hydrogen) atoms. The van der Waals surface area contributed by atoms with Crippen LogP contribution in [0.1, 0.15) is 31.2 Å². The van der Waals surface area contributed by atoms with Crippen LogP contribution in [-0.4, -0.2) is 12.3 Å². The molecule has 1 aromatic carbocycles. The van der Waals surface area contributed by atoms with Crippen LogP contribution in [0.5, 0.6) is 0 Å². The number of rotatable bonds is 5. The SMILES string of the molecule is NCC1(CC(=O)Cc2ccc(Br)cc2Cl)CCC1. The number of halogens is 2. The third kappa shape index (κ3) is 3.14. The number of ketones is 1. The van der Waals surface area contributed by atoms with Crippen LogP contribution in [0.25, 0.3) is 0 Å². The summed E-state index contributed by atoms with van der Waals surface area (Å²) in [5.41, 5.74) is 6.76. The molecule has 0 heterocycles. The molecule has 4 heteroatoms. The molecule has 0 aliphatic heterocycles. The molecule has 1 aromatic rings. The van der Waals surface area contributed by atoms with E-state index in [1.807, 2.05) is 18.2 Å². The second kappa shape index (κ2) is 5.72. The minimum absolute atomic E-state index is 0.0823. The van der Waals surface area contributed by atoms with Crippen molar-refractivity contribution in [3.05, 3.63) is 33.3 Å². The summed E-state index contributed by atoms with van der Waals surface area (Å²) in [7, 11) is 0. The van der Waals surface area contributed by atoms with Crippen molar-refractivity contribution < 1.29 is 4.79 Å². The fourth-order valence-electron chi connectivity index (χ4n) is 2.49. The highest BCUT2D eigenvalue weighted by atomic mass is 79.9. The second-order valence-electron chi connectivity index (χ2n) is 5.19. The lowest BCUT2D eigenvalue weighted by atomic mass is 9.65. The lowest BCUT2D eigenvalue weighted by Crippen LogP contribution is -2.39. The molecule has 0 unspecified atom stereocenters. The molecule has 1 saturated carbocycles. The van der Waals surface area contributed by atoms with E-state index in [0.717, 1.165) is 22.9 Å². The van der Waals surface area contributed by atoms with Gasteiger partial charge in [-0.15, -0.1) is 0 Å². The van der Waals surface area contributed by atoms with Crippen LogP contribution in [0.15, 0.2) is 22.7 Å². The molecule has 1 fully saturated rings. The maximum Gasteiger partial charge on any atom is 0.137 e. The normalized spacial score (nSPS) is 17.3. The number of nitrogens with two attached hydrogens (primary N) is 1. The summed E-state index contributed by atoms with van der Waals surface area (Å²) in [6, 6.07) is 5.64. The molecule has 2 N–H and O–H groups in total. The number of Topliss-reactive ketones (excluding diaryl/α,β-unsaturated/α-hetero) is 1. The van der Waals surface area contributed by atoms with Crippen molar-refractivity contribution in [1.82, 2.24) is 0 Å². The number of hydrogen-bond donors (Lipinski definition) is 1. The topological polar surface area (TPSA) is 43.1 Å². The van der Waals surface area contributed by atoms with Crippen molar-refractivity contribution in [2.45, 2.75) is 32.1 Å². The van der Waals surface area contributed by atoms with Crippen molar-refractivity contribution in [3.8, 4) is 0 Å². The van der Waals surface area contributed by atoms with Crippen LogP contribution < -0.4 is 5.73 Å². The van der Waals surface area contributed by atoms with Gasteiger partial charge < -0.3 is 5.73 Å². The Morgan fingerprint density at radius 2 is 2.17 bits per heavy atom. The Morgan fingerprint density at radius 1 is 1.44 bits per heavy atom. The van der Waals surface area contributed by atoms with Crippen LogP contribution in [0, 0.1) is 5.41 Å². The summed E-state index contributed by atoms with van der Waals surface area (Å²) >= 11 is 9.48. The van der Waals surface area contributed by atoms with E-state index in [1.165, 1.54) is 6.42 Å². The highest BCUT2D eigenvalue weighted by Crippen LogP contribution is 2.43. The van der Waals surface area contributed by atoms with Crippen LogP contribution in [0.2, 0.25) is 5.02 Å². The van der Waals surface area contributed by atoms with E-state index in [2.05, 4.69) is 15.9 Å². The van der Waals surface area contributed by atoms with Crippen LogP contribution in [0.4, 0.5) is 0 Å². The Morgan fingerprint density at radius 3 is 2.67 bits per heavy atom. The van der Waals surface area contributed by atoms with E-state index in [-0.39, 0.29) is 11.2 Å². The first kappa shape index (κ1) is 14.0. The Kier molecular flexibility index (Phi) is 4.46. The first-order valence-electron chi connectivity index (χ1n) is 6.20. The third-order valence-electron chi connectivity index (χ3n) is 3.82. The lowest BCUT2D eigenvalue weighted by molar-refractivity contribution is -0.122. The van der Waals surface area contributed by atoms with Crippen LogP contribution >= 0.6 is 27.5 Å². The van der Waals surface area contributed by atoms with Gasteiger partial charge in [-0.05, 0) is 42.5 Å². The zero-order valence-corrected chi connectivity index (χ0v) is 12.6. The van der Waals surface area contributed by atoms with Crippen molar-refractivity contribution >= 4 is 33.3 Å². The monoisotopic (exact) mass is 329 g/mol. The smallest absolute Gasteiger partial charge is 0.137 e. The zero-order valence-electron chi connectivity index (χ0n) is 10.2. The number of hydrogen-bond acceptors (Lipinski definition) is 2. The molecule has 0 saturated heterocycles. The summed E-state index contributed by atoms with van der Waals surface area (Å²) in [5, 5.41) is 0.646. The summed E-state index contributed by atoms with van der Waals surface area (Å²) in [6.45, 7) is 0.618. The number of carbonyl (C=O) groups is 1. The minimum Gasteiger partial charge on any atom is -0.330 e. The van der Waals surface area contributed by atoms with E-state index < -0.39 is 0 Å². The number of benzene rings is 1. The molecular formula is C14H17BrClNO. The molecular weight excluding hydrogens is 314 g/mol. The van der Waals surface area contributed by atoms with Gasteiger partial charge in [0.25, 0.3) is 0 Å². The Hall–Kier alpha value is -0.380. The minimum atomic E-state index is 0.0823. The first-order chi connectivity index (χ1) is 8.54. The molecule has 0 aromatic heterocycles. The zero-order chi connectivity index (χ0) is 13.2. The maximum atomic E-state index is 12.1. The van der Waals surface area contributed by atoms with Crippen LogP contribution in [0.3, 0.4) is 0 Å². The molecule has 2 rings (SSSR count). The van der Waals surface area contributed by atoms with Gasteiger partial charge in [0, 0.05) is 22.3 Å². The van der Waals surface area contributed by atoms with Gasteiger partial charge in [-0.25, -0.2) is 0 Å². The van der Waals surface area contributed by atoms with Gasteiger partial charge in [0.1, 0.15) is 5.78 Å². The van der Waals surface area contributed by atoms with Gasteiger partial charge >= 0.3 is 0 Å². The Bertz CT molecular complexity index is 452. The predicted molar refractivity (Wildman–Crippen MR) is 77.8 cm³/mol. The van der Waals surface area contributed by atoms with Gasteiger partial charge in [-0.1, -0.05) is 40.0 Å². The Balaban J connectivity index is 1.98. The van der Waals surface area contributed by atoms with Crippen LogP contribution in [-0.2, 0) is 11.2 Å². The van der Waals surface area contributed by atoms with E-state index in [0.29, 0.717) is 24.4 Å². The molecule has 1 aliphatic carbocycles. The third-order valence-corrected chi connectivity index (χ3v) is 4.67. The molecule has 0 radical (unpaired) electrons. The molecule has 2 nitrogen and oxygen atoms in total. The quantitative estimate of drug-likeness (QED) is 0.894. The highest BCUT2D eigenvalue weighted by Gasteiger charge is 2.37. The van der Waals surface area contributed by atoms with Crippen molar-refractivity contribution in [3.63, 3.8) is 0 Å². The maximum absolute atomic E-state index is 12.1. The van der Waals surface area contributed by atoms with Crippen molar-refractivity contribution in [2.75, 3.05) is 6.54 Å². The summed E-state index contributed by atoms with van der Waals surface area (Å²) in [5.74, 6) is 0.240. The van der Waals surface area contributed by atoms with Gasteiger partial charge in [0.15, 0.2) is 0 Å². The molecule has 1 aliphatic rings. The summed E-state index contributed by atoms with van der Waals surface area (Å²) < 4.78 is 0.932. The highest BCUT2D eigenvalue weighted by molar-refractivity contribution is 9.10. The first-order valence-corrected chi connectivity index (χ1v) is 7.37. The molecule has 0 amide bonds. The molecule has 0 bridgehead atoms. The molecule has 98 valence electrons. The average Bonchev–Trinajstić information content (AvgIpc) is 2.27. The average molecular weight is 331 g/mol. The second-order valence-corrected chi connectivity index (χ2v) is 6.51. The van der Waals surface area contributed by atoms with Gasteiger partial charge in [-0.2, -0.15) is 0 Å². The summed E-state index contributed by atoms with van der Waals surface area (Å²) in [6.07, 6.45) is 4.37. The Labute approximate surface area is 121 Å². The fourth-order valence-corrected chi connectivity index (χ4v) is 3.23. The molecule has 0 atom stereocenters. The lowest BCUT2D eigenvalue weighted by Gasteiger charge is -2.40. The largest absolute Gasteiger partial charge is 0.330 e. The van der Waals surface area contributed by atoms with Crippen molar-refractivity contribution in [1.29, 1.82) is 0 Å². The standard InChI is InChI=1S/C14H17BrClNO/c15-11-3-2-10(13(16)7-11)6-12(18)8-14(9-17)4-1-5-14/h2-3,7H,1,4-6,8-9,17H2. The van der Waals surface area contributed by atoms with E-state index in [9.17, 15) is 4.79 Å². The van der Waals surface area contributed by atoms with E-state index in [1.54, 1.807) is 0 Å². The van der Waals surface area contributed by atoms with Gasteiger partial charge in [0.05, 0.1) is 0 Å². The fraction of sp³-hybridized carbons (Fsp3) is 0.500.